The molecule has 0 saturated carbocycles. The van der Waals surface area contributed by atoms with Crippen molar-refractivity contribution in [3.63, 3.8) is 0 Å². The molecule has 32 heavy (non-hydrogen) atoms. The summed E-state index contributed by atoms with van der Waals surface area (Å²) in [6.45, 7) is 7.00. The van der Waals surface area contributed by atoms with E-state index in [0.29, 0.717) is 30.2 Å². The molecule has 2 unspecified atom stereocenters. The number of ether oxygens (including phenoxy) is 1. The van der Waals surface area contributed by atoms with Crippen molar-refractivity contribution in [2.45, 2.75) is 26.9 Å². The van der Waals surface area contributed by atoms with Crippen LogP contribution < -0.4 is 20.3 Å². The third-order valence-electron chi connectivity index (χ3n) is 5.85. The van der Waals surface area contributed by atoms with Crippen molar-refractivity contribution in [1.82, 2.24) is 9.97 Å². The predicted molar refractivity (Wildman–Crippen MR) is 132 cm³/mol. The average Bonchev–Trinajstić information content (AvgIpc) is 2.77. The summed E-state index contributed by atoms with van der Waals surface area (Å²) in [6.07, 6.45) is 1.24. The topological polar surface area (TPSA) is 67.5 Å². The van der Waals surface area contributed by atoms with E-state index in [1.165, 1.54) is 6.42 Å². The van der Waals surface area contributed by atoms with Gasteiger partial charge in [0.1, 0.15) is 24.0 Å². The van der Waals surface area contributed by atoms with Gasteiger partial charge in [0, 0.05) is 27.2 Å². The molecular weight excluding hydrogens is 398 g/mol. The number of hydrogen-bond acceptors (Lipinski definition) is 6. The SMILES string of the molecule is CC1CC(C)CN(c2nc(N)c(-c3cccc(OCc4ccccc4)c3)c(N(C)C)n2)C1. The highest BCUT2D eigenvalue weighted by Crippen LogP contribution is 2.37. The fourth-order valence-electron chi connectivity index (χ4n) is 4.50. The minimum atomic E-state index is 0.491. The normalized spacial score (nSPS) is 18.4. The second kappa shape index (κ2) is 9.47. The molecule has 4 rings (SSSR count). The largest absolute Gasteiger partial charge is 0.489 e. The second-order valence-electron chi connectivity index (χ2n) is 9.16. The van der Waals surface area contributed by atoms with E-state index in [0.717, 1.165) is 41.3 Å². The molecule has 0 aliphatic carbocycles. The molecule has 1 aromatic heterocycles. The summed E-state index contributed by atoms with van der Waals surface area (Å²) in [5.74, 6) is 4.04. The highest BCUT2D eigenvalue weighted by atomic mass is 16.5. The van der Waals surface area contributed by atoms with Gasteiger partial charge in [0.25, 0.3) is 0 Å². The van der Waals surface area contributed by atoms with Crippen molar-refractivity contribution >= 4 is 17.6 Å². The summed E-state index contributed by atoms with van der Waals surface area (Å²) in [5, 5.41) is 0. The van der Waals surface area contributed by atoms with Crippen LogP contribution in [0.4, 0.5) is 17.6 Å². The fourth-order valence-corrected chi connectivity index (χ4v) is 4.50. The van der Waals surface area contributed by atoms with Crippen molar-refractivity contribution in [1.29, 1.82) is 0 Å². The highest BCUT2D eigenvalue weighted by molar-refractivity contribution is 5.85. The van der Waals surface area contributed by atoms with Gasteiger partial charge in [-0.25, -0.2) is 0 Å². The van der Waals surface area contributed by atoms with Crippen LogP contribution in [0.3, 0.4) is 0 Å². The van der Waals surface area contributed by atoms with Gasteiger partial charge in [-0.2, -0.15) is 9.97 Å². The summed E-state index contributed by atoms with van der Waals surface area (Å²) >= 11 is 0. The van der Waals surface area contributed by atoms with Crippen molar-refractivity contribution in [3.8, 4) is 16.9 Å². The van der Waals surface area contributed by atoms with Gasteiger partial charge < -0.3 is 20.3 Å². The standard InChI is InChI=1S/C26H33N5O/c1-18-13-19(2)16-31(15-18)26-28-24(27)23(25(29-26)30(3)4)21-11-8-12-22(14-21)32-17-20-9-6-5-7-10-20/h5-12,14,18-19H,13,15-17H2,1-4H3,(H2,27,28,29). The predicted octanol–water partition coefficient (Wildman–Crippen LogP) is 4.85. The average molecular weight is 432 g/mol. The zero-order chi connectivity index (χ0) is 22.7. The Kier molecular flexibility index (Phi) is 6.49. The molecular formula is C26H33N5O. The van der Waals surface area contributed by atoms with Gasteiger partial charge in [0.15, 0.2) is 0 Å². The molecule has 168 valence electrons. The molecule has 6 nitrogen and oxygen atoms in total. The Morgan fingerprint density at radius 3 is 2.41 bits per heavy atom. The number of nitrogens with zero attached hydrogens (tertiary/aromatic N) is 4. The van der Waals surface area contributed by atoms with Crippen LogP contribution in [0.25, 0.3) is 11.1 Å². The zero-order valence-electron chi connectivity index (χ0n) is 19.5. The lowest BCUT2D eigenvalue weighted by Crippen LogP contribution is -2.40. The Bertz CT molecular complexity index is 1040. The molecule has 0 spiro atoms. The van der Waals surface area contributed by atoms with Crippen LogP contribution in [0, 0.1) is 11.8 Å². The lowest BCUT2D eigenvalue weighted by atomic mass is 9.92. The summed E-state index contributed by atoms with van der Waals surface area (Å²) in [7, 11) is 3.98. The maximum Gasteiger partial charge on any atom is 0.229 e. The van der Waals surface area contributed by atoms with Crippen LogP contribution in [0.1, 0.15) is 25.8 Å². The highest BCUT2D eigenvalue weighted by Gasteiger charge is 2.26. The third kappa shape index (κ3) is 4.96. The first-order valence-electron chi connectivity index (χ1n) is 11.3. The number of anilines is 3. The maximum atomic E-state index is 6.54. The van der Waals surface area contributed by atoms with Crippen LogP contribution in [0.5, 0.6) is 5.75 Å². The molecule has 0 radical (unpaired) electrons. The molecule has 1 saturated heterocycles. The number of benzene rings is 2. The molecule has 1 aliphatic heterocycles. The van der Waals surface area contributed by atoms with Gasteiger partial charge >= 0.3 is 0 Å². The lowest BCUT2D eigenvalue weighted by Gasteiger charge is -2.35. The molecule has 2 atom stereocenters. The minimum absolute atomic E-state index is 0.491. The smallest absolute Gasteiger partial charge is 0.229 e. The van der Waals surface area contributed by atoms with E-state index in [1.54, 1.807) is 0 Å². The number of nitrogen functional groups attached to an aromatic ring is 1. The molecule has 3 aromatic rings. The molecule has 1 aliphatic rings. The van der Waals surface area contributed by atoms with E-state index >= 15 is 0 Å². The van der Waals surface area contributed by atoms with Gasteiger partial charge in [0.05, 0.1) is 5.56 Å². The maximum absolute atomic E-state index is 6.54. The van der Waals surface area contributed by atoms with E-state index in [-0.39, 0.29) is 0 Å². The summed E-state index contributed by atoms with van der Waals surface area (Å²) in [4.78, 5) is 14.0. The molecule has 2 N–H and O–H groups in total. The monoisotopic (exact) mass is 431 g/mol. The van der Waals surface area contributed by atoms with Crippen LogP contribution in [0.2, 0.25) is 0 Å². The molecule has 0 amide bonds. The summed E-state index contributed by atoms with van der Waals surface area (Å²) in [6, 6.07) is 18.1. The van der Waals surface area contributed by atoms with Crippen molar-refractivity contribution in [2.75, 3.05) is 42.7 Å². The van der Waals surface area contributed by atoms with E-state index in [4.69, 9.17) is 20.4 Å². The number of piperidine rings is 1. The second-order valence-corrected chi connectivity index (χ2v) is 9.16. The van der Waals surface area contributed by atoms with Crippen molar-refractivity contribution in [2.24, 2.45) is 11.8 Å². The Balaban J connectivity index is 1.64. The van der Waals surface area contributed by atoms with Crippen molar-refractivity contribution < 1.29 is 4.74 Å². The first-order valence-corrected chi connectivity index (χ1v) is 11.3. The fraction of sp³-hybridized carbons (Fsp3) is 0.385. The third-order valence-corrected chi connectivity index (χ3v) is 5.85. The van der Waals surface area contributed by atoms with Crippen LogP contribution >= 0.6 is 0 Å². The molecule has 2 heterocycles. The first kappa shape index (κ1) is 21.9. The Labute approximate surface area is 191 Å². The molecule has 2 aromatic carbocycles. The zero-order valence-corrected chi connectivity index (χ0v) is 19.5. The number of aromatic nitrogens is 2. The van der Waals surface area contributed by atoms with Gasteiger partial charge in [-0.05, 0) is 41.5 Å². The summed E-state index contributed by atoms with van der Waals surface area (Å²) < 4.78 is 6.03. The van der Waals surface area contributed by atoms with E-state index < -0.39 is 0 Å². The number of nitrogens with two attached hydrogens (primary N) is 1. The minimum Gasteiger partial charge on any atom is -0.489 e. The molecule has 6 heteroatoms. The molecule has 1 fully saturated rings. The van der Waals surface area contributed by atoms with E-state index in [2.05, 4.69) is 30.9 Å². The van der Waals surface area contributed by atoms with E-state index in [1.807, 2.05) is 61.5 Å². The van der Waals surface area contributed by atoms with Crippen LogP contribution in [-0.2, 0) is 6.61 Å². The van der Waals surface area contributed by atoms with Gasteiger partial charge in [-0.3, -0.25) is 0 Å². The van der Waals surface area contributed by atoms with Crippen molar-refractivity contribution in [3.05, 3.63) is 60.2 Å². The van der Waals surface area contributed by atoms with Gasteiger partial charge in [0.2, 0.25) is 5.95 Å². The summed E-state index contributed by atoms with van der Waals surface area (Å²) in [5.41, 5.74) is 9.45. The first-order chi connectivity index (χ1) is 15.4. The van der Waals surface area contributed by atoms with Crippen LogP contribution in [0.15, 0.2) is 54.6 Å². The van der Waals surface area contributed by atoms with Gasteiger partial charge in [-0.15, -0.1) is 0 Å². The Morgan fingerprint density at radius 1 is 1.00 bits per heavy atom. The number of rotatable bonds is 6. The lowest BCUT2D eigenvalue weighted by molar-refractivity contribution is 0.306. The van der Waals surface area contributed by atoms with Gasteiger partial charge in [-0.1, -0.05) is 56.3 Å². The quantitative estimate of drug-likeness (QED) is 0.602. The van der Waals surface area contributed by atoms with E-state index in [9.17, 15) is 0 Å². The number of hydrogen-bond donors (Lipinski definition) is 1. The van der Waals surface area contributed by atoms with Crippen LogP contribution in [-0.4, -0.2) is 37.2 Å². The molecule has 0 bridgehead atoms. The Hall–Kier alpha value is -3.28. The Morgan fingerprint density at radius 2 is 1.72 bits per heavy atom.